The molecule has 90 valence electrons. The number of amides is 1. The predicted molar refractivity (Wildman–Crippen MR) is 70.2 cm³/mol. The minimum absolute atomic E-state index is 0.188. The van der Waals surface area contributed by atoms with E-state index in [2.05, 4.69) is 20.3 Å². The molecule has 1 N–H and O–H groups in total. The van der Waals surface area contributed by atoms with Crippen LogP contribution in [0.25, 0.3) is 0 Å². The highest BCUT2D eigenvalue weighted by Gasteiger charge is 2.38. The number of hydrogen-bond donors (Lipinski definition) is 1. The fourth-order valence-electron chi connectivity index (χ4n) is 0.939. The summed E-state index contributed by atoms with van der Waals surface area (Å²) < 4.78 is 0.777. The second-order valence-corrected chi connectivity index (χ2v) is 6.33. The Morgan fingerprint density at radius 3 is 2.81 bits per heavy atom. The van der Waals surface area contributed by atoms with Crippen molar-refractivity contribution < 1.29 is 9.63 Å². The number of oxime groups is 1. The van der Waals surface area contributed by atoms with E-state index in [1.54, 1.807) is 11.8 Å². The first-order valence-electron chi connectivity index (χ1n) is 4.88. The van der Waals surface area contributed by atoms with E-state index in [1.165, 1.54) is 18.8 Å². The van der Waals surface area contributed by atoms with Crippen LogP contribution in [0.15, 0.2) is 10.1 Å². The first-order chi connectivity index (χ1) is 7.49. The fraction of sp³-hybridized carbons (Fsp3) is 0.667. The molecule has 0 aliphatic carbocycles. The van der Waals surface area contributed by atoms with Crippen LogP contribution >= 0.6 is 23.5 Å². The van der Waals surface area contributed by atoms with E-state index in [9.17, 15) is 4.79 Å². The Labute approximate surface area is 103 Å². The van der Waals surface area contributed by atoms with Crippen LogP contribution in [-0.2, 0) is 4.84 Å². The Morgan fingerprint density at radius 1 is 1.56 bits per heavy atom. The lowest BCUT2D eigenvalue weighted by Crippen LogP contribution is -2.23. The lowest BCUT2D eigenvalue weighted by Gasteiger charge is -2.13. The first-order valence-corrected chi connectivity index (χ1v) is 6.51. The van der Waals surface area contributed by atoms with E-state index in [0.29, 0.717) is 0 Å². The standard InChI is InChI=1S/C9H15N3O2S2/c1-5-11-8-15-6(9(2,3)16-8)12-14-7(13)10-4/h5H2,1-4H3,(H,10,13)/b11-8?,12-6+. The number of carbonyl (C=O) groups is 1. The highest BCUT2D eigenvalue weighted by molar-refractivity contribution is 8.50. The molecule has 1 aliphatic rings. The van der Waals surface area contributed by atoms with Gasteiger partial charge in [-0.05, 0) is 32.5 Å². The number of hydrogen-bond acceptors (Lipinski definition) is 6. The Morgan fingerprint density at radius 2 is 2.25 bits per heavy atom. The molecule has 0 aromatic rings. The first kappa shape index (κ1) is 13.4. The molecule has 1 heterocycles. The number of rotatable bonds is 2. The molecule has 7 heteroatoms. The highest BCUT2D eigenvalue weighted by Crippen LogP contribution is 2.43. The summed E-state index contributed by atoms with van der Waals surface area (Å²) in [6, 6.07) is 0. The van der Waals surface area contributed by atoms with E-state index in [0.717, 1.165) is 16.0 Å². The summed E-state index contributed by atoms with van der Waals surface area (Å²) in [7, 11) is 1.49. The van der Waals surface area contributed by atoms with Gasteiger partial charge in [-0.1, -0.05) is 16.9 Å². The summed E-state index contributed by atoms with van der Waals surface area (Å²) >= 11 is 3.08. The average molecular weight is 261 g/mol. The number of aliphatic imine (C=N–C) groups is 1. The topological polar surface area (TPSA) is 63.1 Å². The summed E-state index contributed by atoms with van der Waals surface area (Å²) in [4.78, 5) is 19.9. The molecule has 0 atom stereocenters. The zero-order chi connectivity index (χ0) is 12.2. The van der Waals surface area contributed by atoms with Gasteiger partial charge in [-0.3, -0.25) is 9.83 Å². The Bertz CT molecular complexity index is 340. The van der Waals surface area contributed by atoms with Gasteiger partial charge in [0.15, 0.2) is 0 Å². The molecule has 0 unspecified atom stereocenters. The molecule has 1 saturated heterocycles. The second-order valence-electron chi connectivity index (χ2n) is 3.48. The molecule has 0 spiro atoms. The van der Waals surface area contributed by atoms with Gasteiger partial charge in [0.05, 0.1) is 4.75 Å². The molecule has 1 fully saturated rings. The van der Waals surface area contributed by atoms with Crippen LogP contribution in [-0.4, -0.2) is 33.9 Å². The number of carbonyl (C=O) groups excluding carboxylic acids is 1. The Kier molecular flexibility index (Phi) is 4.67. The van der Waals surface area contributed by atoms with Gasteiger partial charge < -0.3 is 5.32 Å². The van der Waals surface area contributed by atoms with Crippen molar-refractivity contribution in [2.24, 2.45) is 10.1 Å². The van der Waals surface area contributed by atoms with Crippen molar-refractivity contribution in [1.82, 2.24) is 5.32 Å². The van der Waals surface area contributed by atoms with Crippen molar-refractivity contribution in [3.8, 4) is 0 Å². The third kappa shape index (κ3) is 3.41. The minimum atomic E-state index is -0.560. The Hall–Kier alpha value is -0.690. The third-order valence-electron chi connectivity index (χ3n) is 1.74. The monoisotopic (exact) mass is 261 g/mol. The van der Waals surface area contributed by atoms with Crippen LogP contribution < -0.4 is 5.32 Å². The quantitative estimate of drug-likeness (QED) is 0.612. The molecule has 5 nitrogen and oxygen atoms in total. The van der Waals surface area contributed by atoms with E-state index < -0.39 is 6.09 Å². The van der Waals surface area contributed by atoms with Crippen molar-refractivity contribution >= 4 is 39.0 Å². The van der Waals surface area contributed by atoms with Gasteiger partial charge in [0, 0.05) is 13.6 Å². The SMILES string of the molecule is CCN=C1S/C(=N/OC(=O)NC)C(C)(C)S1. The van der Waals surface area contributed by atoms with Crippen LogP contribution in [0.4, 0.5) is 4.79 Å². The average Bonchev–Trinajstić information content (AvgIpc) is 2.50. The zero-order valence-electron chi connectivity index (χ0n) is 9.73. The predicted octanol–water partition coefficient (Wildman–Crippen LogP) is 2.29. The van der Waals surface area contributed by atoms with E-state index in [4.69, 9.17) is 0 Å². The van der Waals surface area contributed by atoms with E-state index in [-0.39, 0.29) is 4.75 Å². The van der Waals surface area contributed by atoms with E-state index in [1.807, 2.05) is 20.8 Å². The van der Waals surface area contributed by atoms with Gasteiger partial charge in [0.25, 0.3) is 0 Å². The molecular weight excluding hydrogens is 246 g/mol. The second kappa shape index (κ2) is 5.58. The van der Waals surface area contributed by atoms with Crippen molar-refractivity contribution in [3.05, 3.63) is 0 Å². The molecule has 16 heavy (non-hydrogen) atoms. The van der Waals surface area contributed by atoms with Crippen LogP contribution in [0, 0.1) is 0 Å². The third-order valence-corrected chi connectivity index (χ3v) is 4.46. The molecule has 0 radical (unpaired) electrons. The van der Waals surface area contributed by atoms with Gasteiger partial charge >= 0.3 is 6.09 Å². The summed E-state index contributed by atoms with van der Waals surface area (Å²) in [5.41, 5.74) is 0. The molecule has 0 aromatic carbocycles. The minimum Gasteiger partial charge on any atom is -0.323 e. The normalized spacial score (nSPS) is 23.8. The molecular formula is C9H15N3O2S2. The lowest BCUT2D eigenvalue weighted by atomic mass is 10.2. The van der Waals surface area contributed by atoms with Crippen LogP contribution in [0.1, 0.15) is 20.8 Å². The summed E-state index contributed by atoms with van der Waals surface area (Å²) in [5, 5.41) is 6.94. The van der Waals surface area contributed by atoms with Crippen molar-refractivity contribution in [2.45, 2.75) is 25.5 Å². The van der Waals surface area contributed by atoms with Gasteiger partial charge in [-0.15, -0.1) is 0 Å². The van der Waals surface area contributed by atoms with Gasteiger partial charge in [0.2, 0.25) is 0 Å². The molecule has 1 rings (SSSR count). The number of nitrogens with one attached hydrogen (secondary N) is 1. The Balaban J connectivity index is 2.73. The molecule has 0 bridgehead atoms. The van der Waals surface area contributed by atoms with Crippen molar-refractivity contribution in [1.29, 1.82) is 0 Å². The fourth-order valence-corrected chi connectivity index (χ4v) is 3.65. The van der Waals surface area contributed by atoms with Crippen molar-refractivity contribution in [3.63, 3.8) is 0 Å². The zero-order valence-corrected chi connectivity index (χ0v) is 11.4. The van der Waals surface area contributed by atoms with E-state index >= 15 is 0 Å². The molecule has 1 amide bonds. The van der Waals surface area contributed by atoms with Crippen LogP contribution in [0.3, 0.4) is 0 Å². The van der Waals surface area contributed by atoms with Gasteiger partial charge in [-0.25, -0.2) is 4.79 Å². The smallest absolute Gasteiger partial charge is 0.323 e. The van der Waals surface area contributed by atoms with Crippen LogP contribution in [0.5, 0.6) is 0 Å². The lowest BCUT2D eigenvalue weighted by molar-refractivity contribution is 0.153. The summed E-state index contributed by atoms with van der Waals surface area (Å²) in [6.07, 6.45) is -0.560. The van der Waals surface area contributed by atoms with Crippen molar-refractivity contribution in [2.75, 3.05) is 13.6 Å². The summed E-state index contributed by atoms with van der Waals surface area (Å²) in [5.74, 6) is 0. The maximum absolute atomic E-state index is 10.9. The largest absolute Gasteiger partial charge is 0.433 e. The maximum Gasteiger partial charge on any atom is 0.433 e. The number of thioether (sulfide) groups is 2. The molecule has 1 aliphatic heterocycles. The summed E-state index contributed by atoms with van der Waals surface area (Å²) in [6.45, 7) is 6.77. The highest BCUT2D eigenvalue weighted by atomic mass is 32.2. The number of nitrogens with zero attached hydrogens (tertiary/aromatic N) is 2. The van der Waals surface area contributed by atoms with Gasteiger partial charge in [0.1, 0.15) is 9.42 Å². The molecule has 0 saturated carbocycles. The molecule has 0 aromatic heterocycles. The van der Waals surface area contributed by atoms with Crippen LogP contribution in [0.2, 0.25) is 0 Å². The maximum atomic E-state index is 10.9. The van der Waals surface area contributed by atoms with Gasteiger partial charge in [-0.2, -0.15) is 0 Å².